The van der Waals surface area contributed by atoms with Crippen LogP contribution in [0.4, 0.5) is 0 Å². The van der Waals surface area contributed by atoms with E-state index in [2.05, 4.69) is 15.6 Å². The van der Waals surface area contributed by atoms with E-state index in [1.165, 1.54) is 4.31 Å². The first-order valence-electron chi connectivity index (χ1n) is 12.0. The second-order valence-electron chi connectivity index (χ2n) is 9.51. The summed E-state index contributed by atoms with van der Waals surface area (Å²) in [6.45, 7) is 8.86. The van der Waals surface area contributed by atoms with Crippen LogP contribution in [0.25, 0.3) is 11.0 Å². The zero-order valence-corrected chi connectivity index (χ0v) is 21.5. The number of nitrogens with one attached hydrogen (secondary N) is 1. The Balaban J connectivity index is 1.40. The Morgan fingerprint density at radius 3 is 2.57 bits per heavy atom. The Morgan fingerprint density at radius 1 is 1.14 bits per heavy atom. The predicted octanol–water partition coefficient (Wildman–Crippen LogP) is 3.52. The van der Waals surface area contributed by atoms with Gasteiger partial charge in [0.15, 0.2) is 0 Å². The number of sulfonamides is 1. The van der Waals surface area contributed by atoms with Gasteiger partial charge in [-0.1, -0.05) is 17.3 Å². The average Bonchev–Trinajstić information content (AvgIpc) is 3.27. The lowest BCUT2D eigenvalue weighted by atomic mass is 9.99. The Bertz CT molecular complexity index is 1280. The third-order valence-electron chi connectivity index (χ3n) is 6.09. The molecule has 0 aliphatic carbocycles. The molecule has 0 bridgehead atoms. The van der Waals surface area contributed by atoms with E-state index in [4.69, 9.17) is 4.74 Å². The highest BCUT2D eigenvalue weighted by Crippen LogP contribution is 2.26. The zero-order valence-electron chi connectivity index (χ0n) is 20.6. The van der Waals surface area contributed by atoms with Gasteiger partial charge in [-0.3, -0.25) is 4.79 Å². The molecule has 1 amide bonds. The standard InChI is InChI=1S/C25H33N5O4S/c1-17(2)30-24-12-11-22(14-23(24)27-28-30)35(32,33)29-13-5-6-20(16-29)25(31)26-15-19-7-9-21(10-8-19)34-18(3)4/h7-12,14,17-18,20H,5-6,13,15-16H2,1-4H3,(H,26,31)/t20-/m1/s1. The predicted molar refractivity (Wildman–Crippen MR) is 133 cm³/mol. The molecule has 1 N–H and O–H groups in total. The van der Waals surface area contributed by atoms with Crippen molar-refractivity contribution in [3.8, 4) is 5.75 Å². The van der Waals surface area contributed by atoms with Crippen molar-refractivity contribution in [2.45, 2.75) is 64.1 Å². The van der Waals surface area contributed by atoms with Gasteiger partial charge in [-0.2, -0.15) is 4.31 Å². The quantitative estimate of drug-likeness (QED) is 0.508. The fraction of sp³-hybridized carbons (Fsp3) is 0.480. The smallest absolute Gasteiger partial charge is 0.243 e. The van der Waals surface area contributed by atoms with Crippen molar-refractivity contribution < 1.29 is 17.9 Å². The van der Waals surface area contributed by atoms with E-state index in [1.54, 1.807) is 22.9 Å². The summed E-state index contributed by atoms with van der Waals surface area (Å²) in [6, 6.07) is 12.6. The van der Waals surface area contributed by atoms with E-state index >= 15 is 0 Å². The van der Waals surface area contributed by atoms with Crippen LogP contribution in [0.5, 0.6) is 5.75 Å². The number of fused-ring (bicyclic) bond motifs is 1. The molecule has 3 aromatic rings. The van der Waals surface area contributed by atoms with E-state index in [9.17, 15) is 13.2 Å². The van der Waals surface area contributed by atoms with Crippen LogP contribution in [0, 0.1) is 5.92 Å². The van der Waals surface area contributed by atoms with Crippen molar-refractivity contribution in [2.24, 2.45) is 5.92 Å². The monoisotopic (exact) mass is 499 g/mol. The van der Waals surface area contributed by atoms with Crippen LogP contribution < -0.4 is 10.1 Å². The first-order chi connectivity index (χ1) is 16.6. The highest BCUT2D eigenvalue weighted by atomic mass is 32.2. The topological polar surface area (TPSA) is 106 Å². The summed E-state index contributed by atoms with van der Waals surface area (Å²) < 4.78 is 35.5. The molecular weight excluding hydrogens is 466 g/mol. The number of amides is 1. The molecule has 4 rings (SSSR count). The number of aromatic nitrogens is 3. The Labute approximate surface area is 206 Å². The third-order valence-corrected chi connectivity index (χ3v) is 7.95. The minimum Gasteiger partial charge on any atom is -0.491 e. The molecule has 1 aliphatic heterocycles. The minimum atomic E-state index is -3.75. The van der Waals surface area contributed by atoms with Crippen molar-refractivity contribution in [1.29, 1.82) is 0 Å². The first kappa shape index (κ1) is 25.1. The van der Waals surface area contributed by atoms with Gasteiger partial charge in [0.2, 0.25) is 15.9 Å². The van der Waals surface area contributed by atoms with Crippen LogP contribution in [0.1, 0.15) is 52.1 Å². The number of piperidine rings is 1. The highest BCUT2D eigenvalue weighted by molar-refractivity contribution is 7.89. The lowest BCUT2D eigenvalue weighted by Crippen LogP contribution is -2.45. The van der Waals surface area contributed by atoms with Gasteiger partial charge in [0.1, 0.15) is 11.3 Å². The second kappa shape index (κ2) is 10.3. The van der Waals surface area contributed by atoms with Crippen LogP contribution in [0.3, 0.4) is 0 Å². The van der Waals surface area contributed by atoms with Gasteiger partial charge in [0.25, 0.3) is 0 Å². The number of carbonyl (C=O) groups excluding carboxylic acids is 1. The highest BCUT2D eigenvalue weighted by Gasteiger charge is 2.33. The number of nitrogens with zero attached hydrogens (tertiary/aromatic N) is 4. The van der Waals surface area contributed by atoms with E-state index in [0.29, 0.717) is 31.4 Å². The summed E-state index contributed by atoms with van der Waals surface area (Å²) in [5, 5.41) is 11.2. The van der Waals surface area contributed by atoms with E-state index in [0.717, 1.165) is 16.8 Å². The van der Waals surface area contributed by atoms with Gasteiger partial charge in [0.05, 0.1) is 22.4 Å². The molecule has 0 unspecified atom stereocenters. The first-order valence-corrected chi connectivity index (χ1v) is 13.5. The van der Waals surface area contributed by atoms with Gasteiger partial charge in [-0.05, 0) is 76.4 Å². The van der Waals surface area contributed by atoms with Crippen molar-refractivity contribution >= 4 is 27.0 Å². The molecule has 2 heterocycles. The maximum absolute atomic E-state index is 13.4. The molecule has 0 radical (unpaired) electrons. The van der Waals surface area contributed by atoms with Gasteiger partial charge < -0.3 is 10.1 Å². The van der Waals surface area contributed by atoms with Crippen LogP contribution >= 0.6 is 0 Å². The molecule has 0 saturated carbocycles. The summed E-state index contributed by atoms with van der Waals surface area (Å²) in [5.74, 6) is 0.253. The number of benzene rings is 2. The Hall–Kier alpha value is -2.98. The molecular formula is C25H33N5O4S. The number of rotatable bonds is 8. The van der Waals surface area contributed by atoms with Gasteiger partial charge >= 0.3 is 0 Å². The van der Waals surface area contributed by atoms with Gasteiger partial charge in [-0.15, -0.1) is 5.10 Å². The fourth-order valence-electron chi connectivity index (χ4n) is 4.28. The number of hydrogen-bond acceptors (Lipinski definition) is 6. The largest absolute Gasteiger partial charge is 0.491 e. The number of ether oxygens (including phenoxy) is 1. The second-order valence-corrected chi connectivity index (χ2v) is 11.4. The van der Waals surface area contributed by atoms with Crippen LogP contribution in [0.2, 0.25) is 0 Å². The molecule has 10 heteroatoms. The zero-order chi connectivity index (χ0) is 25.2. The van der Waals surface area contributed by atoms with Crippen molar-refractivity contribution in [3.05, 3.63) is 48.0 Å². The lowest BCUT2D eigenvalue weighted by Gasteiger charge is -2.31. The SMILES string of the molecule is CC(C)Oc1ccc(CNC(=O)[C@@H]2CCCN(S(=O)(=O)c3ccc4c(c3)nnn4C(C)C)C2)cc1. The molecule has 1 aliphatic rings. The molecule has 188 valence electrons. The Kier molecular flexibility index (Phi) is 7.42. The van der Waals surface area contributed by atoms with Crippen molar-refractivity contribution in [1.82, 2.24) is 24.6 Å². The summed E-state index contributed by atoms with van der Waals surface area (Å²) >= 11 is 0. The molecule has 1 saturated heterocycles. The maximum atomic E-state index is 13.4. The Morgan fingerprint density at radius 2 is 1.89 bits per heavy atom. The van der Waals surface area contributed by atoms with E-state index in [1.807, 2.05) is 52.0 Å². The summed E-state index contributed by atoms with van der Waals surface area (Å²) in [5.41, 5.74) is 2.28. The molecule has 9 nitrogen and oxygen atoms in total. The normalized spacial score (nSPS) is 17.3. The summed E-state index contributed by atoms with van der Waals surface area (Å²) in [4.78, 5) is 13.0. The maximum Gasteiger partial charge on any atom is 0.243 e. The van der Waals surface area contributed by atoms with Gasteiger partial charge in [0, 0.05) is 25.7 Å². The van der Waals surface area contributed by atoms with Crippen LogP contribution in [0.15, 0.2) is 47.4 Å². The molecule has 2 aromatic carbocycles. The van der Waals surface area contributed by atoms with Gasteiger partial charge in [-0.25, -0.2) is 13.1 Å². The lowest BCUT2D eigenvalue weighted by molar-refractivity contribution is -0.126. The molecule has 0 spiro atoms. The van der Waals surface area contributed by atoms with Crippen molar-refractivity contribution in [3.63, 3.8) is 0 Å². The summed E-state index contributed by atoms with van der Waals surface area (Å²) in [7, 11) is -3.75. The average molecular weight is 500 g/mol. The van der Waals surface area contributed by atoms with Crippen molar-refractivity contribution in [2.75, 3.05) is 13.1 Å². The molecule has 35 heavy (non-hydrogen) atoms. The van der Waals surface area contributed by atoms with E-state index in [-0.39, 0.29) is 29.5 Å². The van der Waals surface area contributed by atoms with Crippen LogP contribution in [-0.2, 0) is 21.4 Å². The number of hydrogen-bond donors (Lipinski definition) is 1. The molecule has 1 atom stereocenters. The minimum absolute atomic E-state index is 0.0991. The summed E-state index contributed by atoms with van der Waals surface area (Å²) in [6.07, 6.45) is 1.38. The number of carbonyl (C=O) groups is 1. The third kappa shape index (κ3) is 5.65. The van der Waals surface area contributed by atoms with E-state index < -0.39 is 15.9 Å². The fourth-order valence-corrected chi connectivity index (χ4v) is 5.82. The molecule has 1 fully saturated rings. The molecule has 1 aromatic heterocycles. The van der Waals surface area contributed by atoms with Crippen LogP contribution in [-0.4, -0.2) is 52.8 Å².